The molecule has 96 valence electrons. The number of hydrogen-bond acceptors (Lipinski definition) is 2. The van der Waals surface area contributed by atoms with E-state index in [1.54, 1.807) is 12.1 Å². The molecule has 1 atom stereocenters. The minimum Gasteiger partial charge on any atom is -0.480 e. The number of carboxylic acid groups (broad SMARTS) is 1. The Morgan fingerprint density at radius 3 is 2.83 bits per heavy atom. The van der Waals surface area contributed by atoms with Gasteiger partial charge in [0.05, 0.1) is 0 Å². The summed E-state index contributed by atoms with van der Waals surface area (Å²) >= 11 is 3.38. The SMILES string of the molecule is Cc1c(Br)cccc1C(=O)N1CCCC1C(=O)O. The predicted molar refractivity (Wildman–Crippen MR) is 70.6 cm³/mol. The number of carboxylic acids is 1. The van der Waals surface area contributed by atoms with Gasteiger partial charge >= 0.3 is 5.97 Å². The summed E-state index contributed by atoms with van der Waals surface area (Å²) in [5.41, 5.74) is 1.41. The minimum absolute atomic E-state index is 0.196. The lowest BCUT2D eigenvalue weighted by Crippen LogP contribution is -2.40. The summed E-state index contributed by atoms with van der Waals surface area (Å²) in [5, 5.41) is 9.10. The Kier molecular flexibility index (Phi) is 3.71. The molecule has 4 nitrogen and oxygen atoms in total. The average molecular weight is 312 g/mol. The molecule has 1 N–H and O–H groups in total. The zero-order valence-corrected chi connectivity index (χ0v) is 11.6. The van der Waals surface area contributed by atoms with Crippen LogP contribution in [0.5, 0.6) is 0 Å². The predicted octanol–water partition coefficient (Wildman–Crippen LogP) is 2.45. The van der Waals surface area contributed by atoms with E-state index in [1.807, 2.05) is 13.0 Å². The molecule has 1 heterocycles. The standard InChI is InChI=1S/C13H14BrNO3/c1-8-9(4-2-5-10(8)14)12(16)15-7-3-6-11(15)13(17)18/h2,4-5,11H,3,6-7H2,1H3,(H,17,18). The quantitative estimate of drug-likeness (QED) is 0.912. The van der Waals surface area contributed by atoms with E-state index in [4.69, 9.17) is 5.11 Å². The molecule has 1 aromatic carbocycles. The Morgan fingerprint density at radius 1 is 1.44 bits per heavy atom. The smallest absolute Gasteiger partial charge is 0.326 e. The van der Waals surface area contributed by atoms with Crippen molar-refractivity contribution in [3.63, 3.8) is 0 Å². The van der Waals surface area contributed by atoms with Gasteiger partial charge in [-0.3, -0.25) is 4.79 Å². The number of amides is 1. The minimum atomic E-state index is -0.923. The van der Waals surface area contributed by atoms with Gasteiger partial charge in [0.25, 0.3) is 5.91 Å². The topological polar surface area (TPSA) is 57.6 Å². The molecule has 18 heavy (non-hydrogen) atoms. The molecule has 0 aromatic heterocycles. The van der Waals surface area contributed by atoms with Crippen LogP contribution in [0.1, 0.15) is 28.8 Å². The number of halogens is 1. The van der Waals surface area contributed by atoms with Crippen LogP contribution < -0.4 is 0 Å². The number of benzene rings is 1. The molecule has 1 aliphatic rings. The average Bonchev–Trinajstić information content (AvgIpc) is 2.81. The summed E-state index contributed by atoms with van der Waals surface area (Å²) in [5.74, 6) is -1.12. The van der Waals surface area contributed by atoms with Crippen molar-refractivity contribution >= 4 is 27.8 Å². The van der Waals surface area contributed by atoms with E-state index in [0.29, 0.717) is 18.5 Å². The van der Waals surface area contributed by atoms with E-state index < -0.39 is 12.0 Å². The van der Waals surface area contributed by atoms with Crippen molar-refractivity contribution in [2.24, 2.45) is 0 Å². The zero-order chi connectivity index (χ0) is 13.3. The van der Waals surface area contributed by atoms with E-state index >= 15 is 0 Å². The molecular weight excluding hydrogens is 298 g/mol. The highest BCUT2D eigenvalue weighted by Gasteiger charge is 2.34. The van der Waals surface area contributed by atoms with Crippen molar-refractivity contribution in [2.45, 2.75) is 25.8 Å². The second-order valence-electron chi connectivity index (χ2n) is 4.41. The summed E-state index contributed by atoms with van der Waals surface area (Å²) in [6.45, 7) is 2.37. The Labute approximate surface area is 114 Å². The number of carbonyl (C=O) groups is 2. The van der Waals surface area contributed by atoms with Crippen LogP contribution in [0.4, 0.5) is 0 Å². The van der Waals surface area contributed by atoms with Crippen LogP contribution >= 0.6 is 15.9 Å². The molecule has 1 saturated heterocycles. The van der Waals surface area contributed by atoms with Crippen LogP contribution in [0.15, 0.2) is 22.7 Å². The molecule has 1 unspecified atom stereocenters. The molecule has 0 saturated carbocycles. The number of rotatable bonds is 2. The lowest BCUT2D eigenvalue weighted by atomic mass is 10.1. The van der Waals surface area contributed by atoms with Crippen LogP contribution in [-0.4, -0.2) is 34.5 Å². The molecule has 0 aliphatic carbocycles. The van der Waals surface area contributed by atoms with E-state index in [0.717, 1.165) is 16.5 Å². The number of likely N-dealkylation sites (tertiary alicyclic amines) is 1. The fourth-order valence-electron chi connectivity index (χ4n) is 2.26. The van der Waals surface area contributed by atoms with Gasteiger partial charge in [0, 0.05) is 16.6 Å². The molecule has 2 rings (SSSR count). The van der Waals surface area contributed by atoms with Crippen LogP contribution in [0.25, 0.3) is 0 Å². The highest BCUT2D eigenvalue weighted by molar-refractivity contribution is 9.10. The Balaban J connectivity index is 2.31. The van der Waals surface area contributed by atoms with Crippen LogP contribution in [0, 0.1) is 6.92 Å². The van der Waals surface area contributed by atoms with E-state index in [-0.39, 0.29) is 5.91 Å². The molecule has 1 aliphatic heterocycles. The van der Waals surface area contributed by atoms with Crippen molar-refractivity contribution < 1.29 is 14.7 Å². The second kappa shape index (κ2) is 5.10. The maximum Gasteiger partial charge on any atom is 0.326 e. The molecule has 1 fully saturated rings. The second-order valence-corrected chi connectivity index (χ2v) is 5.26. The molecule has 0 spiro atoms. The third-order valence-corrected chi connectivity index (χ3v) is 4.16. The van der Waals surface area contributed by atoms with Crippen LogP contribution in [-0.2, 0) is 4.79 Å². The van der Waals surface area contributed by atoms with E-state index in [1.165, 1.54) is 4.90 Å². The Hall–Kier alpha value is -1.36. The van der Waals surface area contributed by atoms with Gasteiger partial charge in [-0.1, -0.05) is 22.0 Å². The summed E-state index contributed by atoms with van der Waals surface area (Å²) in [6.07, 6.45) is 1.28. The van der Waals surface area contributed by atoms with Gasteiger partial charge in [-0.2, -0.15) is 0 Å². The maximum absolute atomic E-state index is 12.4. The van der Waals surface area contributed by atoms with Gasteiger partial charge in [0.1, 0.15) is 6.04 Å². The van der Waals surface area contributed by atoms with Gasteiger partial charge in [-0.05, 0) is 37.5 Å². The van der Waals surface area contributed by atoms with Crippen molar-refractivity contribution in [3.8, 4) is 0 Å². The van der Waals surface area contributed by atoms with Crippen LogP contribution in [0.3, 0.4) is 0 Å². The van der Waals surface area contributed by atoms with Crippen molar-refractivity contribution in [1.29, 1.82) is 0 Å². The molecule has 5 heteroatoms. The highest BCUT2D eigenvalue weighted by Crippen LogP contribution is 2.25. The van der Waals surface area contributed by atoms with Crippen molar-refractivity contribution in [1.82, 2.24) is 4.90 Å². The molecule has 1 aromatic rings. The largest absolute Gasteiger partial charge is 0.480 e. The van der Waals surface area contributed by atoms with Crippen molar-refractivity contribution in [2.75, 3.05) is 6.54 Å². The molecular formula is C13H14BrNO3. The van der Waals surface area contributed by atoms with Gasteiger partial charge in [0.2, 0.25) is 0 Å². The Morgan fingerprint density at radius 2 is 2.17 bits per heavy atom. The summed E-state index contributed by atoms with van der Waals surface area (Å²) in [4.78, 5) is 24.9. The maximum atomic E-state index is 12.4. The molecule has 1 amide bonds. The number of nitrogens with zero attached hydrogens (tertiary/aromatic N) is 1. The lowest BCUT2D eigenvalue weighted by Gasteiger charge is -2.22. The first kappa shape index (κ1) is 13.1. The summed E-state index contributed by atoms with van der Waals surface area (Å²) in [6, 6.07) is 4.71. The Bertz CT molecular complexity index is 501. The number of aliphatic carboxylic acids is 1. The molecule has 0 bridgehead atoms. The van der Waals surface area contributed by atoms with E-state index in [2.05, 4.69) is 15.9 Å². The first-order valence-electron chi connectivity index (χ1n) is 5.81. The first-order chi connectivity index (χ1) is 8.52. The summed E-state index contributed by atoms with van der Waals surface area (Å²) in [7, 11) is 0. The highest BCUT2D eigenvalue weighted by atomic mass is 79.9. The zero-order valence-electron chi connectivity index (χ0n) is 10.0. The van der Waals surface area contributed by atoms with Gasteiger partial charge < -0.3 is 10.0 Å². The monoisotopic (exact) mass is 311 g/mol. The van der Waals surface area contributed by atoms with E-state index in [9.17, 15) is 9.59 Å². The lowest BCUT2D eigenvalue weighted by molar-refractivity contribution is -0.141. The van der Waals surface area contributed by atoms with Gasteiger partial charge in [-0.25, -0.2) is 4.79 Å². The third kappa shape index (κ3) is 2.27. The van der Waals surface area contributed by atoms with Gasteiger partial charge in [0.15, 0.2) is 0 Å². The number of carbonyl (C=O) groups excluding carboxylic acids is 1. The number of hydrogen-bond donors (Lipinski definition) is 1. The normalized spacial score (nSPS) is 19.0. The van der Waals surface area contributed by atoms with Gasteiger partial charge in [-0.15, -0.1) is 0 Å². The van der Waals surface area contributed by atoms with Crippen molar-refractivity contribution in [3.05, 3.63) is 33.8 Å². The molecule has 0 radical (unpaired) electrons. The van der Waals surface area contributed by atoms with Crippen LogP contribution in [0.2, 0.25) is 0 Å². The fourth-order valence-corrected chi connectivity index (χ4v) is 2.63. The third-order valence-electron chi connectivity index (χ3n) is 3.30. The first-order valence-corrected chi connectivity index (χ1v) is 6.60. The summed E-state index contributed by atoms with van der Waals surface area (Å²) < 4.78 is 0.861. The fraction of sp³-hybridized carbons (Fsp3) is 0.385.